The number of ether oxygens (including phenoxy) is 1. The smallest absolute Gasteiger partial charge is 0.271 e. The molecule has 0 saturated carbocycles. The zero-order valence-corrected chi connectivity index (χ0v) is 18.7. The molecule has 0 saturated heterocycles. The number of sulfonamides is 1. The van der Waals surface area contributed by atoms with E-state index in [0.717, 1.165) is 14.7 Å². The average Bonchev–Trinajstić information content (AvgIpc) is 3.21. The van der Waals surface area contributed by atoms with Crippen molar-refractivity contribution in [3.05, 3.63) is 77.3 Å². The predicted molar refractivity (Wildman–Crippen MR) is 122 cm³/mol. The number of hydrogen-bond acceptors (Lipinski definition) is 6. The van der Waals surface area contributed by atoms with Crippen LogP contribution in [0.3, 0.4) is 0 Å². The average molecular weight is 456 g/mol. The van der Waals surface area contributed by atoms with E-state index in [1.807, 2.05) is 36.4 Å². The second-order valence-electron chi connectivity index (χ2n) is 7.04. The Kier molecular flexibility index (Phi) is 5.90. The summed E-state index contributed by atoms with van der Waals surface area (Å²) in [4.78, 5) is 18.5. The maximum atomic E-state index is 12.8. The van der Waals surface area contributed by atoms with Crippen LogP contribution in [0.15, 0.2) is 76.7 Å². The topological polar surface area (TPSA) is 81.5 Å². The molecule has 0 unspecified atom stereocenters. The van der Waals surface area contributed by atoms with E-state index in [9.17, 15) is 13.2 Å². The molecular weight excluding hydrogens is 434 g/mol. The van der Waals surface area contributed by atoms with Crippen molar-refractivity contribution >= 4 is 31.6 Å². The summed E-state index contributed by atoms with van der Waals surface area (Å²) in [6.07, 6.45) is 1.53. The Morgan fingerprint density at radius 3 is 2.45 bits per heavy atom. The molecule has 0 N–H and O–H groups in total. The lowest BCUT2D eigenvalue weighted by molar-refractivity contribution is 0.296. The van der Waals surface area contributed by atoms with Gasteiger partial charge < -0.3 is 4.74 Å². The van der Waals surface area contributed by atoms with Gasteiger partial charge in [-0.1, -0.05) is 30.3 Å². The molecule has 0 atom stereocenters. The fraction of sp³-hybridized carbons (Fsp3) is 0.182. The molecule has 7 nitrogen and oxygen atoms in total. The Morgan fingerprint density at radius 2 is 1.77 bits per heavy atom. The molecule has 4 rings (SSSR count). The molecule has 2 heterocycles. The van der Waals surface area contributed by atoms with Gasteiger partial charge in [0.1, 0.15) is 17.1 Å². The lowest BCUT2D eigenvalue weighted by atomic mass is 10.2. The molecule has 4 aromatic rings. The van der Waals surface area contributed by atoms with Crippen LogP contribution in [-0.2, 0) is 16.6 Å². The van der Waals surface area contributed by atoms with Crippen molar-refractivity contribution < 1.29 is 13.2 Å². The number of nitrogens with zero attached hydrogens (tertiary/aromatic N) is 3. The largest absolute Gasteiger partial charge is 0.492 e. The van der Waals surface area contributed by atoms with E-state index in [4.69, 9.17) is 4.74 Å². The van der Waals surface area contributed by atoms with E-state index in [2.05, 4.69) is 4.98 Å². The number of aromatic nitrogens is 2. The third-order valence-corrected chi connectivity index (χ3v) is 7.76. The molecular formula is C22H21N3O4S2. The Hall–Kier alpha value is -3.01. The standard InChI is InChI=1S/C22H21N3O4S2/c1-24(2)31(27,28)18-10-8-17(9-11-18)29-13-12-25-15-23-19-14-20(30-21(19)22(25)26)16-6-4-3-5-7-16/h3-11,14-15H,12-13H2,1-2H3. The summed E-state index contributed by atoms with van der Waals surface area (Å²) >= 11 is 1.43. The van der Waals surface area contributed by atoms with E-state index in [0.29, 0.717) is 22.5 Å². The molecule has 160 valence electrons. The van der Waals surface area contributed by atoms with Crippen molar-refractivity contribution in [1.29, 1.82) is 0 Å². The summed E-state index contributed by atoms with van der Waals surface area (Å²) in [7, 11) is -0.507. The minimum absolute atomic E-state index is 0.104. The van der Waals surface area contributed by atoms with Gasteiger partial charge in [0.05, 0.1) is 23.3 Å². The molecule has 0 radical (unpaired) electrons. The van der Waals surface area contributed by atoms with Crippen LogP contribution in [0, 0.1) is 0 Å². The van der Waals surface area contributed by atoms with Crippen LogP contribution in [0.5, 0.6) is 5.75 Å². The lowest BCUT2D eigenvalue weighted by Crippen LogP contribution is -2.23. The van der Waals surface area contributed by atoms with Crippen LogP contribution >= 0.6 is 11.3 Å². The Balaban J connectivity index is 1.46. The van der Waals surface area contributed by atoms with E-state index in [-0.39, 0.29) is 17.1 Å². The van der Waals surface area contributed by atoms with Crippen LogP contribution < -0.4 is 10.3 Å². The van der Waals surface area contributed by atoms with Gasteiger partial charge >= 0.3 is 0 Å². The van der Waals surface area contributed by atoms with Gasteiger partial charge in [0.25, 0.3) is 5.56 Å². The predicted octanol–water partition coefficient (Wildman–Crippen LogP) is 3.45. The van der Waals surface area contributed by atoms with Crippen LogP contribution in [0.25, 0.3) is 20.7 Å². The third-order valence-electron chi connectivity index (χ3n) is 4.77. The normalized spacial score (nSPS) is 11.8. The van der Waals surface area contributed by atoms with E-state index in [1.165, 1.54) is 48.5 Å². The van der Waals surface area contributed by atoms with E-state index < -0.39 is 10.0 Å². The highest BCUT2D eigenvalue weighted by Gasteiger charge is 2.16. The summed E-state index contributed by atoms with van der Waals surface area (Å²) in [5.74, 6) is 0.530. The molecule has 31 heavy (non-hydrogen) atoms. The molecule has 0 fully saturated rings. The van der Waals surface area contributed by atoms with Crippen molar-refractivity contribution in [1.82, 2.24) is 13.9 Å². The van der Waals surface area contributed by atoms with Crippen LogP contribution in [0.4, 0.5) is 0 Å². The minimum atomic E-state index is -3.48. The van der Waals surface area contributed by atoms with Crippen molar-refractivity contribution in [3.8, 4) is 16.2 Å². The molecule has 0 spiro atoms. The molecule has 2 aromatic carbocycles. The molecule has 0 amide bonds. The summed E-state index contributed by atoms with van der Waals surface area (Å²) in [6, 6.07) is 18.0. The van der Waals surface area contributed by atoms with Gasteiger partial charge in [-0.15, -0.1) is 11.3 Å². The fourth-order valence-corrected chi connectivity index (χ4v) is 5.00. The van der Waals surface area contributed by atoms with Crippen molar-refractivity contribution in [3.63, 3.8) is 0 Å². The van der Waals surface area contributed by atoms with Crippen LogP contribution in [0.2, 0.25) is 0 Å². The summed E-state index contributed by atoms with van der Waals surface area (Å²) in [6.45, 7) is 0.585. The number of benzene rings is 2. The zero-order valence-electron chi connectivity index (χ0n) is 17.1. The van der Waals surface area contributed by atoms with Crippen LogP contribution in [0.1, 0.15) is 0 Å². The van der Waals surface area contributed by atoms with E-state index >= 15 is 0 Å². The summed E-state index contributed by atoms with van der Waals surface area (Å²) in [5.41, 5.74) is 1.64. The first-order valence-electron chi connectivity index (χ1n) is 9.56. The minimum Gasteiger partial charge on any atom is -0.492 e. The Bertz CT molecular complexity index is 1360. The van der Waals surface area contributed by atoms with Crippen molar-refractivity contribution in [2.24, 2.45) is 0 Å². The molecule has 0 aliphatic carbocycles. The van der Waals surface area contributed by atoms with Gasteiger partial charge in [-0.3, -0.25) is 9.36 Å². The number of rotatable bonds is 7. The van der Waals surface area contributed by atoms with Crippen LogP contribution in [-0.4, -0.2) is 43.0 Å². The second-order valence-corrected chi connectivity index (χ2v) is 10.2. The highest BCUT2D eigenvalue weighted by atomic mass is 32.2. The molecule has 9 heteroatoms. The Morgan fingerprint density at radius 1 is 1.06 bits per heavy atom. The maximum absolute atomic E-state index is 12.8. The first-order valence-corrected chi connectivity index (χ1v) is 11.8. The first-order chi connectivity index (χ1) is 14.9. The number of thiophene rings is 1. The molecule has 0 bridgehead atoms. The molecule has 0 aliphatic heterocycles. The summed E-state index contributed by atoms with van der Waals surface area (Å²) < 4.78 is 33.2. The molecule has 2 aromatic heterocycles. The van der Waals surface area contributed by atoms with Gasteiger partial charge in [-0.05, 0) is 35.9 Å². The van der Waals surface area contributed by atoms with E-state index in [1.54, 1.807) is 12.1 Å². The number of fused-ring (bicyclic) bond motifs is 1. The Labute approximate surface area is 184 Å². The first kappa shape index (κ1) is 21.2. The second kappa shape index (κ2) is 8.62. The van der Waals surface area contributed by atoms with Crippen molar-refractivity contribution in [2.75, 3.05) is 20.7 Å². The zero-order chi connectivity index (χ0) is 22.0. The van der Waals surface area contributed by atoms with Gasteiger partial charge in [0.15, 0.2) is 0 Å². The lowest BCUT2D eigenvalue weighted by Gasteiger charge is -2.12. The highest BCUT2D eigenvalue weighted by Crippen LogP contribution is 2.30. The highest BCUT2D eigenvalue weighted by molar-refractivity contribution is 7.89. The monoisotopic (exact) mass is 455 g/mol. The third kappa shape index (κ3) is 4.39. The maximum Gasteiger partial charge on any atom is 0.271 e. The van der Waals surface area contributed by atoms with Gasteiger partial charge in [0, 0.05) is 19.0 Å². The quantitative estimate of drug-likeness (QED) is 0.426. The van der Waals surface area contributed by atoms with Gasteiger partial charge in [0.2, 0.25) is 10.0 Å². The number of hydrogen-bond donors (Lipinski definition) is 0. The van der Waals surface area contributed by atoms with Gasteiger partial charge in [-0.2, -0.15) is 0 Å². The summed E-state index contributed by atoms with van der Waals surface area (Å²) in [5, 5.41) is 0. The molecule has 0 aliphatic rings. The van der Waals surface area contributed by atoms with Gasteiger partial charge in [-0.25, -0.2) is 17.7 Å². The fourth-order valence-electron chi connectivity index (χ4n) is 3.03. The SMILES string of the molecule is CN(C)S(=O)(=O)c1ccc(OCCn2cnc3cc(-c4ccccc4)sc3c2=O)cc1. The van der Waals surface area contributed by atoms with Crippen molar-refractivity contribution in [2.45, 2.75) is 11.4 Å².